The molecule has 0 saturated heterocycles. The van der Waals surface area contributed by atoms with Gasteiger partial charge >= 0.3 is 0 Å². The van der Waals surface area contributed by atoms with E-state index >= 15 is 0 Å². The maximum atomic E-state index is 13.0. The summed E-state index contributed by atoms with van der Waals surface area (Å²) in [6.07, 6.45) is 1.99. The van der Waals surface area contributed by atoms with Crippen LogP contribution in [0.5, 0.6) is 0 Å². The van der Waals surface area contributed by atoms with Crippen molar-refractivity contribution in [1.29, 1.82) is 0 Å². The topological polar surface area (TPSA) is 46.0 Å². The van der Waals surface area contributed by atoms with Gasteiger partial charge in [-0.1, -0.05) is 11.6 Å². The lowest BCUT2D eigenvalue weighted by molar-refractivity contribution is 0.296. The first-order chi connectivity index (χ1) is 8.20. The number of hydrogen-bond donors (Lipinski definition) is 1. The SMILES string of the molecule is OCCc1nccc(-c2ccc(F)c(Cl)c2)n1. The van der Waals surface area contributed by atoms with Crippen LogP contribution < -0.4 is 0 Å². The Morgan fingerprint density at radius 1 is 1.29 bits per heavy atom. The maximum Gasteiger partial charge on any atom is 0.141 e. The van der Waals surface area contributed by atoms with Crippen LogP contribution in [0.1, 0.15) is 5.82 Å². The first-order valence-corrected chi connectivity index (χ1v) is 5.46. The van der Waals surface area contributed by atoms with Gasteiger partial charge in [0.2, 0.25) is 0 Å². The van der Waals surface area contributed by atoms with Gasteiger partial charge in [0, 0.05) is 18.2 Å². The highest BCUT2D eigenvalue weighted by Gasteiger charge is 2.05. The van der Waals surface area contributed by atoms with E-state index in [-0.39, 0.29) is 11.6 Å². The Labute approximate surface area is 103 Å². The third kappa shape index (κ3) is 2.78. The summed E-state index contributed by atoms with van der Waals surface area (Å²) in [7, 11) is 0. The van der Waals surface area contributed by atoms with E-state index in [1.807, 2.05) is 0 Å². The molecule has 0 unspecified atom stereocenters. The van der Waals surface area contributed by atoms with Crippen LogP contribution >= 0.6 is 11.6 Å². The van der Waals surface area contributed by atoms with Gasteiger partial charge in [0.15, 0.2) is 0 Å². The third-order valence-corrected chi connectivity index (χ3v) is 2.55. The van der Waals surface area contributed by atoms with E-state index in [2.05, 4.69) is 9.97 Å². The van der Waals surface area contributed by atoms with Crippen molar-refractivity contribution in [3.63, 3.8) is 0 Å². The summed E-state index contributed by atoms with van der Waals surface area (Å²) < 4.78 is 13.0. The van der Waals surface area contributed by atoms with E-state index in [9.17, 15) is 4.39 Å². The molecule has 1 N–H and O–H groups in total. The van der Waals surface area contributed by atoms with E-state index in [0.29, 0.717) is 17.9 Å². The second kappa shape index (κ2) is 5.21. The average Bonchev–Trinajstić information content (AvgIpc) is 2.33. The quantitative estimate of drug-likeness (QED) is 0.913. The first kappa shape index (κ1) is 12.0. The van der Waals surface area contributed by atoms with Crippen molar-refractivity contribution >= 4 is 11.6 Å². The molecule has 0 amide bonds. The molecule has 1 heterocycles. The van der Waals surface area contributed by atoms with Crippen LogP contribution in [0.4, 0.5) is 4.39 Å². The van der Waals surface area contributed by atoms with Crippen molar-refractivity contribution in [1.82, 2.24) is 9.97 Å². The molecule has 3 nitrogen and oxygen atoms in total. The van der Waals surface area contributed by atoms with Crippen LogP contribution in [0.2, 0.25) is 5.02 Å². The highest BCUT2D eigenvalue weighted by molar-refractivity contribution is 6.31. The average molecular weight is 253 g/mol. The Morgan fingerprint density at radius 2 is 2.12 bits per heavy atom. The van der Waals surface area contributed by atoms with Crippen LogP contribution in [0.15, 0.2) is 30.5 Å². The molecule has 0 aliphatic rings. The highest BCUT2D eigenvalue weighted by Crippen LogP contribution is 2.23. The molecule has 0 fully saturated rings. The van der Waals surface area contributed by atoms with Crippen molar-refractivity contribution in [2.45, 2.75) is 6.42 Å². The molecule has 5 heteroatoms. The molecule has 1 aromatic carbocycles. The smallest absolute Gasteiger partial charge is 0.141 e. The fraction of sp³-hybridized carbons (Fsp3) is 0.167. The van der Waals surface area contributed by atoms with Crippen LogP contribution in [0.25, 0.3) is 11.3 Å². The molecule has 0 bridgehead atoms. The third-order valence-electron chi connectivity index (χ3n) is 2.26. The normalized spacial score (nSPS) is 10.5. The Hall–Kier alpha value is -1.52. The van der Waals surface area contributed by atoms with Gasteiger partial charge < -0.3 is 5.11 Å². The summed E-state index contributed by atoms with van der Waals surface area (Å²) in [5.41, 5.74) is 1.38. The first-order valence-electron chi connectivity index (χ1n) is 5.09. The van der Waals surface area contributed by atoms with E-state index < -0.39 is 5.82 Å². The molecule has 2 rings (SSSR count). The zero-order chi connectivity index (χ0) is 12.3. The molecule has 1 aromatic heterocycles. The Balaban J connectivity index is 2.38. The van der Waals surface area contributed by atoms with Gasteiger partial charge in [-0.25, -0.2) is 14.4 Å². The largest absolute Gasteiger partial charge is 0.396 e. The van der Waals surface area contributed by atoms with Crippen molar-refractivity contribution < 1.29 is 9.50 Å². The monoisotopic (exact) mass is 252 g/mol. The molecule has 0 spiro atoms. The van der Waals surface area contributed by atoms with Crippen LogP contribution in [-0.2, 0) is 6.42 Å². The van der Waals surface area contributed by atoms with Gasteiger partial charge in [-0.2, -0.15) is 0 Å². The number of hydrogen-bond acceptors (Lipinski definition) is 3. The van der Waals surface area contributed by atoms with Crippen molar-refractivity contribution in [3.8, 4) is 11.3 Å². The van der Waals surface area contributed by atoms with Crippen LogP contribution in [0.3, 0.4) is 0 Å². The van der Waals surface area contributed by atoms with Gasteiger partial charge in [0.05, 0.1) is 17.3 Å². The minimum Gasteiger partial charge on any atom is -0.396 e. The van der Waals surface area contributed by atoms with Gasteiger partial charge in [-0.15, -0.1) is 0 Å². The summed E-state index contributed by atoms with van der Waals surface area (Å²) in [6.45, 7) is -0.00632. The van der Waals surface area contributed by atoms with Gasteiger partial charge in [-0.3, -0.25) is 0 Å². The van der Waals surface area contributed by atoms with Crippen molar-refractivity contribution in [2.24, 2.45) is 0 Å². The van der Waals surface area contributed by atoms with E-state index in [1.165, 1.54) is 12.1 Å². The van der Waals surface area contributed by atoms with E-state index in [1.54, 1.807) is 18.3 Å². The summed E-state index contributed by atoms with van der Waals surface area (Å²) in [4.78, 5) is 8.27. The molecule has 2 aromatic rings. The molecule has 88 valence electrons. The fourth-order valence-corrected chi connectivity index (χ4v) is 1.62. The summed E-state index contributed by atoms with van der Waals surface area (Å²) in [6, 6.07) is 6.13. The summed E-state index contributed by atoms with van der Waals surface area (Å²) in [5, 5.41) is 8.87. The number of aliphatic hydroxyl groups excluding tert-OH is 1. The Kier molecular flexibility index (Phi) is 3.66. The molecule has 0 aliphatic heterocycles. The van der Waals surface area contributed by atoms with Gasteiger partial charge in [0.25, 0.3) is 0 Å². The number of rotatable bonds is 3. The standard InChI is InChI=1S/C12H10ClFN2O/c13-9-7-8(1-2-10(9)14)11-3-5-15-12(16-11)4-6-17/h1-3,5,7,17H,4,6H2. The molecule has 0 atom stereocenters. The molecular formula is C12H10ClFN2O. The number of halogens is 2. The Morgan fingerprint density at radius 3 is 2.82 bits per heavy atom. The lowest BCUT2D eigenvalue weighted by Gasteiger charge is -2.04. The highest BCUT2D eigenvalue weighted by atomic mass is 35.5. The molecule has 17 heavy (non-hydrogen) atoms. The molecule has 0 radical (unpaired) electrons. The predicted molar refractivity (Wildman–Crippen MR) is 63.2 cm³/mol. The van der Waals surface area contributed by atoms with E-state index in [0.717, 1.165) is 5.56 Å². The Bertz CT molecular complexity index is 534. The number of benzene rings is 1. The van der Waals surface area contributed by atoms with Crippen molar-refractivity contribution in [2.75, 3.05) is 6.61 Å². The second-order valence-electron chi connectivity index (χ2n) is 3.46. The number of aromatic nitrogens is 2. The number of nitrogens with zero attached hydrogens (tertiary/aromatic N) is 2. The lowest BCUT2D eigenvalue weighted by Crippen LogP contribution is -1.99. The predicted octanol–water partition coefficient (Wildman–Crippen LogP) is 2.47. The minimum absolute atomic E-state index is 0.00632. The zero-order valence-electron chi connectivity index (χ0n) is 8.90. The zero-order valence-corrected chi connectivity index (χ0v) is 9.65. The van der Waals surface area contributed by atoms with Crippen molar-refractivity contribution in [3.05, 3.63) is 47.1 Å². The second-order valence-corrected chi connectivity index (χ2v) is 3.87. The van der Waals surface area contributed by atoms with Gasteiger partial charge in [0.1, 0.15) is 11.6 Å². The van der Waals surface area contributed by atoms with Crippen LogP contribution in [-0.4, -0.2) is 21.7 Å². The summed E-state index contributed by atoms with van der Waals surface area (Å²) in [5.74, 6) is 0.0884. The lowest BCUT2D eigenvalue weighted by atomic mass is 10.1. The molecule has 0 saturated carbocycles. The number of aliphatic hydroxyl groups is 1. The summed E-state index contributed by atoms with van der Waals surface area (Å²) >= 11 is 5.71. The molecular weight excluding hydrogens is 243 g/mol. The fourth-order valence-electron chi connectivity index (χ4n) is 1.44. The molecule has 0 aliphatic carbocycles. The van der Waals surface area contributed by atoms with Crippen LogP contribution in [0, 0.1) is 5.82 Å². The minimum atomic E-state index is -0.458. The maximum absolute atomic E-state index is 13.0. The van der Waals surface area contributed by atoms with Gasteiger partial charge in [-0.05, 0) is 24.3 Å². The van der Waals surface area contributed by atoms with E-state index in [4.69, 9.17) is 16.7 Å².